The van der Waals surface area contributed by atoms with Gasteiger partial charge >= 0.3 is 0 Å². The van der Waals surface area contributed by atoms with Crippen molar-refractivity contribution in [2.45, 2.75) is 0 Å². The quantitative estimate of drug-likeness (QED) is 0.722. The van der Waals surface area contributed by atoms with E-state index in [1.165, 1.54) is 18.2 Å². The zero-order valence-corrected chi connectivity index (χ0v) is 8.12. The maximum Gasteiger partial charge on any atom is 0.197 e. The number of rotatable bonds is 2. The molecule has 0 amide bonds. The molecule has 0 N–H and O–H groups in total. The monoisotopic (exact) mass is 222 g/mol. The van der Waals surface area contributed by atoms with Crippen LogP contribution in [-0.4, -0.2) is 5.78 Å². The summed E-state index contributed by atoms with van der Waals surface area (Å²) in [5.74, 6) is -3.17. The molecule has 0 bridgehead atoms. The SMILES string of the molecule is N#CC(C#N)C(=O)c1cc(Cl)ccc1F. The smallest absolute Gasteiger partial charge is 0.197 e. The fraction of sp³-hybridized carbons (Fsp3) is 0.100. The Bertz CT molecular complexity index is 473. The highest BCUT2D eigenvalue weighted by molar-refractivity contribution is 6.31. The van der Waals surface area contributed by atoms with E-state index in [0.29, 0.717) is 0 Å². The van der Waals surface area contributed by atoms with Gasteiger partial charge in [-0.1, -0.05) is 11.6 Å². The van der Waals surface area contributed by atoms with Crippen molar-refractivity contribution in [3.63, 3.8) is 0 Å². The van der Waals surface area contributed by atoms with Crippen molar-refractivity contribution in [3.05, 3.63) is 34.6 Å². The van der Waals surface area contributed by atoms with Crippen molar-refractivity contribution >= 4 is 17.4 Å². The van der Waals surface area contributed by atoms with Crippen LogP contribution in [0.3, 0.4) is 0 Å². The van der Waals surface area contributed by atoms with Crippen LogP contribution in [0.5, 0.6) is 0 Å². The molecule has 15 heavy (non-hydrogen) atoms. The van der Waals surface area contributed by atoms with E-state index >= 15 is 0 Å². The molecule has 0 radical (unpaired) electrons. The van der Waals surface area contributed by atoms with E-state index in [9.17, 15) is 9.18 Å². The van der Waals surface area contributed by atoms with Gasteiger partial charge in [-0.3, -0.25) is 4.79 Å². The lowest BCUT2D eigenvalue weighted by atomic mass is 10.00. The molecule has 1 rings (SSSR count). The molecule has 0 fully saturated rings. The maximum absolute atomic E-state index is 13.2. The van der Waals surface area contributed by atoms with E-state index in [4.69, 9.17) is 22.1 Å². The molecule has 0 aliphatic carbocycles. The van der Waals surface area contributed by atoms with Gasteiger partial charge in [0.05, 0.1) is 17.7 Å². The molecular weight excluding hydrogens is 219 g/mol. The maximum atomic E-state index is 13.2. The second kappa shape index (κ2) is 4.54. The number of benzene rings is 1. The van der Waals surface area contributed by atoms with Crippen molar-refractivity contribution in [1.82, 2.24) is 0 Å². The molecule has 0 aromatic heterocycles. The number of carbonyl (C=O) groups excluding carboxylic acids is 1. The first-order valence-electron chi connectivity index (χ1n) is 3.88. The first-order chi connectivity index (χ1) is 7.10. The molecule has 1 aromatic rings. The summed E-state index contributed by atoms with van der Waals surface area (Å²) in [7, 11) is 0. The molecule has 0 heterocycles. The minimum Gasteiger partial charge on any atom is -0.291 e. The van der Waals surface area contributed by atoms with E-state index in [1.54, 1.807) is 0 Å². The number of Topliss-reactive ketones (excluding diaryl/α,β-unsaturated/α-hetero) is 1. The molecule has 5 heteroatoms. The Labute approximate surface area is 90.3 Å². The van der Waals surface area contributed by atoms with Gasteiger partial charge in [0.25, 0.3) is 0 Å². The van der Waals surface area contributed by atoms with Gasteiger partial charge in [-0.05, 0) is 18.2 Å². The molecule has 1 aromatic carbocycles. The van der Waals surface area contributed by atoms with Gasteiger partial charge in [0, 0.05) is 5.02 Å². The van der Waals surface area contributed by atoms with Crippen LogP contribution >= 0.6 is 11.6 Å². The van der Waals surface area contributed by atoms with E-state index in [2.05, 4.69) is 0 Å². The number of hydrogen-bond donors (Lipinski definition) is 0. The minimum absolute atomic E-state index is 0.175. The van der Waals surface area contributed by atoms with Crippen LogP contribution < -0.4 is 0 Å². The highest BCUT2D eigenvalue weighted by Crippen LogP contribution is 2.17. The predicted molar refractivity (Wildman–Crippen MR) is 50.5 cm³/mol. The average Bonchev–Trinajstić information content (AvgIpc) is 2.23. The summed E-state index contributed by atoms with van der Waals surface area (Å²) in [5.41, 5.74) is -0.337. The number of hydrogen-bond acceptors (Lipinski definition) is 3. The Morgan fingerprint density at radius 2 is 2.00 bits per heavy atom. The van der Waals surface area contributed by atoms with E-state index in [0.717, 1.165) is 12.1 Å². The largest absolute Gasteiger partial charge is 0.291 e. The normalized spacial score (nSPS) is 9.40. The highest BCUT2D eigenvalue weighted by Gasteiger charge is 2.22. The topological polar surface area (TPSA) is 64.7 Å². The van der Waals surface area contributed by atoms with Crippen LogP contribution in [0, 0.1) is 34.4 Å². The Morgan fingerprint density at radius 1 is 1.40 bits per heavy atom. The predicted octanol–water partition coefficient (Wildman–Crippen LogP) is 2.33. The zero-order valence-electron chi connectivity index (χ0n) is 7.37. The van der Waals surface area contributed by atoms with Crippen molar-refractivity contribution < 1.29 is 9.18 Å². The Balaban J connectivity index is 3.18. The molecule has 0 saturated heterocycles. The van der Waals surface area contributed by atoms with Crippen LogP contribution in [0.25, 0.3) is 0 Å². The molecular formula is C10H4ClFN2O. The molecule has 0 spiro atoms. The number of halogens is 2. The van der Waals surface area contributed by atoms with Gasteiger partial charge in [-0.25, -0.2) is 4.39 Å². The third-order valence-corrected chi connectivity index (χ3v) is 1.95. The summed E-state index contributed by atoms with van der Waals surface area (Å²) in [6, 6.07) is 6.35. The number of carbonyl (C=O) groups is 1. The van der Waals surface area contributed by atoms with Gasteiger partial charge in [0.2, 0.25) is 0 Å². The van der Waals surface area contributed by atoms with Gasteiger partial charge in [0.15, 0.2) is 11.7 Å². The summed E-state index contributed by atoms with van der Waals surface area (Å²) in [6.45, 7) is 0. The van der Waals surface area contributed by atoms with Crippen LogP contribution in [0.4, 0.5) is 4.39 Å². The van der Waals surface area contributed by atoms with Crippen molar-refractivity contribution in [2.75, 3.05) is 0 Å². The minimum atomic E-state index is -1.50. The Hall–Kier alpha value is -1.91. The summed E-state index contributed by atoms with van der Waals surface area (Å²) < 4.78 is 13.2. The van der Waals surface area contributed by atoms with Crippen LogP contribution in [0.15, 0.2) is 18.2 Å². The number of nitriles is 2. The average molecular weight is 223 g/mol. The van der Waals surface area contributed by atoms with Crippen LogP contribution in [0.2, 0.25) is 5.02 Å². The highest BCUT2D eigenvalue weighted by atomic mass is 35.5. The van der Waals surface area contributed by atoms with Crippen molar-refractivity contribution in [2.24, 2.45) is 5.92 Å². The standard InChI is InChI=1S/C10H4ClFN2O/c11-7-1-2-9(12)8(3-7)10(15)6(4-13)5-14/h1-3,6H. The van der Waals surface area contributed by atoms with Gasteiger partial charge < -0.3 is 0 Å². The van der Waals surface area contributed by atoms with Gasteiger partial charge in [0.1, 0.15) is 5.82 Å². The summed E-state index contributed by atoms with van der Waals surface area (Å²) in [6.07, 6.45) is 0. The zero-order chi connectivity index (χ0) is 11.4. The van der Waals surface area contributed by atoms with Gasteiger partial charge in [-0.15, -0.1) is 0 Å². The fourth-order valence-corrected chi connectivity index (χ4v) is 1.16. The first-order valence-corrected chi connectivity index (χ1v) is 4.26. The van der Waals surface area contributed by atoms with Crippen molar-refractivity contribution in [1.29, 1.82) is 10.5 Å². The van der Waals surface area contributed by atoms with E-state index < -0.39 is 17.5 Å². The third kappa shape index (κ3) is 2.31. The van der Waals surface area contributed by atoms with Crippen LogP contribution in [-0.2, 0) is 0 Å². The number of ketones is 1. The molecule has 0 atom stereocenters. The third-order valence-electron chi connectivity index (χ3n) is 1.71. The molecule has 0 aliphatic heterocycles. The Kier molecular flexibility index (Phi) is 3.38. The summed E-state index contributed by atoms with van der Waals surface area (Å²) >= 11 is 5.57. The lowest BCUT2D eigenvalue weighted by Crippen LogP contribution is -2.12. The van der Waals surface area contributed by atoms with Crippen LogP contribution in [0.1, 0.15) is 10.4 Å². The second-order valence-electron chi connectivity index (χ2n) is 2.68. The summed E-state index contributed by atoms with van der Waals surface area (Å²) in [5, 5.41) is 17.1. The fourth-order valence-electron chi connectivity index (χ4n) is 0.988. The van der Waals surface area contributed by atoms with Crippen molar-refractivity contribution in [3.8, 4) is 12.1 Å². The second-order valence-corrected chi connectivity index (χ2v) is 3.12. The molecule has 0 aliphatic rings. The summed E-state index contributed by atoms with van der Waals surface area (Å²) in [4.78, 5) is 11.4. The molecule has 3 nitrogen and oxygen atoms in total. The number of nitrogens with zero attached hydrogens (tertiary/aromatic N) is 2. The molecule has 74 valence electrons. The molecule has 0 saturated carbocycles. The Morgan fingerprint density at radius 3 is 2.53 bits per heavy atom. The lowest BCUT2D eigenvalue weighted by Gasteiger charge is -2.02. The lowest BCUT2D eigenvalue weighted by molar-refractivity contribution is 0.0967. The van der Waals surface area contributed by atoms with Gasteiger partial charge in [-0.2, -0.15) is 10.5 Å². The van der Waals surface area contributed by atoms with E-state index in [-0.39, 0.29) is 10.6 Å². The molecule has 0 unspecified atom stereocenters. The first kappa shape index (κ1) is 11.2. The van der Waals surface area contributed by atoms with E-state index in [1.807, 2.05) is 0 Å².